The number of hydrogen-bond donors (Lipinski definition) is 0. The average Bonchev–Trinajstić information content (AvgIpc) is 2.49. The molecule has 21 heavy (non-hydrogen) atoms. The van der Waals surface area contributed by atoms with Crippen LogP contribution in [-0.2, 0) is 10.0 Å². The van der Waals surface area contributed by atoms with Gasteiger partial charge in [-0.15, -0.1) is 0 Å². The van der Waals surface area contributed by atoms with Gasteiger partial charge in [-0.05, 0) is 36.4 Å². The monoisotopic (exact) mass is 345 g/mol. The van der Waals surface area contributed by atoms with Crippen molar-refractivity contribution in [2.24, 2.45) is 0 Å². The number of sulfonamides is 1. The second-order valence-corrected chi connectivity index (χ2v) is 6.98. The largest absolute Gasteiger partial charge is 0.497 e. The van der Waals surface area contributed by atoms with Gasteiger partial charge in [0.25, 0.3) is 10.0 Å². The number of anilines is 1. The van der Waals surface area contributed by atoms with Crippen molar-refractivity contribution in [3.05, 3.63) is 52.5 Å². The van der Waals surface area contributed by atoms with Crippen molar-refractivity contribution in [3.63, 3.8) is 0 Å². The van der Waals surface area contributed by atoms with Gasteiger partial charge in [-0.1, -0.05) is 29.3 Å². The molecule has 0 aliphatic heterocycles. The number of rotatable bonds is 4. The summed E-state index contributed by atoms with van der Waals surface area (Å²) in [5.41, 5.74) is 0.319. The summed E-state index contributed by atoms with van der Waals surface area (Å²) in [7, 11) is -0.779. The van der Waals surface area contributed by atoms with Gasteiger partial charge in [0.05, 0.1) is 27.7 Å². The van der Waals surface area contributed by atoms with Gasteiger partial charge in [-0.3, -0.25) is 4.31 Å². The number of hydrogen-bond acceptors (Lipinski definition) is 3. The Labute approximate surface area is 133 Å². The Kier molecular flexibility index (Phi) is 4.66. The molecular weight excluding hydrogens is 333 g/mol. The lowest BCUT2D eigenvalue weighted by molar-refractivity contribution is 0.414. The molecular formula is C14H13Cl2NO3S. The van der Waals surface area contributed by atoms with Crippen molar-refractivity contribution in [2.45, 2.75) is 4.90 Å². The van der Waals surface area contributed by atoms with Crippen LogP contribution < -0.4 is 9.04 Å². The topological polar surface area (TPSA) is 46.6 Å². The molecule has 112 valence electrons. The van der Waals surface area contributed by atoms with Gasteiger partial charge >= 0.3 is 0 Å². The summed E-state index contributed by atoms with van der Waals surface area (Å²) in [4.78, 5) is 0.141. The van der Waals surface area contributed by atoms with Gasteiger partial charge in [0, 0.05) is 7.05 Å². The van der Waals surface area contributed by atoms with E-state index in [0.29, 0.717) is 16.5 Å². The smallest absolute Gasteiger partial charge is 0.264 e. The fourth-order valence-corrected chi connectivity index (χ4v) is 3.45. The Bertz CT molecular complexity index is 745. The first-order valence-corrected chi connectivity index (χ1v) is 8.14. The molecule has 0 radical (unpaired) electrons. The van der Waals surface area contributed by atoms with Crippen LogP contribution in [0.25, 0.3) is 0 Å². The quantitative estimate of drug-likeness (QED) is 0.845. The zero-order valence-electron chi connectivity index (χ0n) is 11.4. The van der Waals surface area contributed by atoms with E-state index in [-0.39, 0.29) is 9.92 Å². The molecule has 0 aliphatic rings. The van der Waals surface area contributed by atoms with Crippen molar-refractivity contribution >= 4 is 38.9 Å². The maximum atomic E-state index is 12.6. The standard InChI is InChI=1S/C14H13Cl2NO3S/c1-17(13-5-3-4-12(15)14(13)16)21(18,19)11-8-6-10(20-2)7-9-11/h3-9H,1-2H3. The van der Waals surface area contributed by atoms with E-state index in [1.807, 2.05) is 0 Å². The molecule has 2 aromatic rings. The SMILES string of the molecule is COc1ccc(S(=O)(=O)N(C)c2cccc(Cl)c2Cl)cc1. The van der Waals surface area contributed by atoms with Crippen LogP contribution >= 0.6 is 23.2 Å². The molecule has 0 unspecified atom stereocenters. The Balaban J connectivity index is 2.44. The molecule has 0 amide bonds. The highest BCUT2D eigenvalue weighted by molar-refractivity contribution is 7.92. The van der Waals surface area contributed by atoms with E-state index in [0.717, 1.165) is 4.31 Å². The minimum absolute atomic E-state index is 0.141. The van der Waals surface area contributed by atoms with E-state index in [9.17, 15) is 8.42 Å². The summed E-state index contributed by atoms with van der Waals surface area (Å²) in [6.07, 6.45) is 0. The predicted octanol–water partition coefficient (Wildman–Crippen LogP) is 3.83. The van der Waals surface area contributed by atoms with Crippen LogP contribution in [0.4, 0.5) is 5.69 Å². The minimum atomic E-state index is -3.72. The minimum Gasteiger partial charge on any atom is -0.497 e. The molecule has 2 aromatic carbocycles. The van der Waals surface area contributed by atoms with Gasteiger partial charge in [0.15, 0.2) is 0 Å². The van der Waals surface area contributed by atoms with Gasteiger partial charge < -0.3 is 4.74 Å². The highest BCUT2D eigenvalue weighted by atomic mass is 35.5. The Morgan fingerprint density at radius 1 is 1.05 bits per heavy atom. The molecule has 0 bridgehead atoms. The van der Waals surface area contributed by atoms with E-state index in [1.165, 1.54) is 26.3 Å². The number of methoxy groups -OCH3 is 1. The lowest BCUT2D eigenvalue weighted by Crippen LogP contribution is -2.26. The van der Waals surface area contributed by atoms with Crippen LogP contribution in [0, 0.1) is 0 Å². The Hall–Kier alpha value is -1.43. The number of ether oxygens (including phenoxy) is 1. The predicted molar refractivity (Wildman–Crippen MR) is 85.0 cm³/mol. The maximum absolute atomic E-state index is 12.6. The van der Waals surface area contributed by atoms with Crippen molar-refractivity contribution in [3.8, 4) is 5.75 Å². The van der Waals surface area contributed by atoms with Crippen molar-refractivity contribution in [2.75, 3.05) is 18.5 Å². The first-order valence-electron chi connectivity index (χ1n) is 5.95. The van der Waals surface area contributed by atoms with Gasteiger partial charge in [-0.25, -0.2) is 8.42 Å². The fraction of sp³-hybridized carbons (Fsp3) is 0.143. The molecule has 0 spiro atoms. The van der Waals surface area contributed by atoms with Crippen molar-refractivity contribution in [1.82, 2.24) is 0 Å². The highest BCUT2D eigenvalue weighted by Gasteiger charge is 2.23. The third kappa shape index (κ3) is 3.10. The molecule has 0 N–H and O–H groups in total. The molecule has 0 aromatic heterocycles. The van der Waals surface area contributed by atoms with Crippen LogP contribution in [0.1, 0.15) is 0 Å². The number of benzene rings is 2. The lowest BCUT2D eigenvalue weighted by atomic mass is 10.3. The van der Waals surface area contributed by atoms with Crippen LogP contribution in [0.5, 0.6) is 5.75 Å². The van der Waals surface area contributed by atoms with Gasteiger partial charge in [-0.2, -0.15) is 0 Å². The van der Waals surface area contributed by atoms with Gasteiger partial charge in [0.1, 0.15) is 5.75 Å². The van der Waals surface area contributed by atoms with E-state index in [1.54, 1.807) is 30.3 Å². The first kappa shape index (κ1) is 15.9. The summed E-state index contributed by atoms with van der Waals surface area (Å²) in [5, 5.41) is 0.490. The van der Waals surface area contributed by atoms with Crippen molar-refractivity contribution < 1.29 is 13.2 Å². The molecule has 2 rings (SSSR count). The van der Waals surface area contributed by atoms with Gasteiger partial charge in [0.2, 0.25) is 0 Å². The molecule has 0 fully saturated rings. The lowest BCUT2D eigenvalue weighted by Gasteiger charge is -2.21. The summed E-state index contributed by atoms with van der Waals surface area (Å²) in [5.74, 6) is 0.581. The van der Waals surface area contributed by atoms with Crippen LogP contribution in [0.3, 0.4) is 0 Å². The normalized spacial score (nSPS) is 11.2. The molecule has 4 nitrogen and oxygen atoms in total. The zero-order chi connectivity index (χ0) is 15.6. The van der Waals surface area contributed by atoms with E-state index >= 15 is 0 Å². The third-order valence-electron chi connectivity index (χ3n) is 2.99. The molecule has 0 aliphatic carbocycles. The number of halogens is 2. The fourth-order valence-electron chi connectivity index (χ4n) is 1.77. The summed E-state index contributed by atoms with van der Waals surface area (Å²) in [6, 6.07) is 11.0. The summed E-state index contributed by atoms with van der Waals surface area (Å²) < 4.78 is 31.3. The van der Waals surface area contributed by atoms with Crippen LogP contribution in [0.2, 0.25) is 10.0 Å². The second kappa shape index (κ2) is 6.13. The van der Waals surface area contributed by atoms with E-state index in [4.69, 9.17) is 27.9 Å². The average molecular weight is 346 g/mol. The summed E-state index contributed by atoms with van der Waals surface area (Å²) in [6.45, 7) is 0. The Morgan fingerprint density at radius 2 is 1.67 bits per heavy atom. The molecule has 0 heterocycles. The summed E-state index contributed by atoms with van der Waals surface area (Å²) >= 11 is 12.0. The molecule has 0 saturated heterocycles. The van der Waals surface area contributed by atoms with Crippen LogP contribution in [0.15, 0.2) is 47.4 Å². The van der Waals surface area contributed by atoms with Crippen LogP contribution in [-0.4, -0.2) is 22.6 Å². The molecule has 0 saturated carbocycles. The van der Waals surface area contributed by atoms with E-state index in [2.05, 4.69) is 0 Å². The second-order valence-electron chi connectivity index (χ2n) is 4.22. The molecule has 7 heteroatoms. The first-order chi connectivity index (χ1) is 9.87. The van der Waals surface area contributed by atoms with E-state index < -0.39 is 10.0 Å². The maximum Gasteiger partial charge on any atom is 0.264 e. The Morgan fingerprint density at radius 3 is 2.24 bits per heavy atom. The molecule has 0 atom stereocenters. The highest BCUT2D eigenvalue weighted by Crippen LogP contribution is 2.34. The third-order valence-corrected chi connectivity index (χ3v) is 5.58. The number of nitrogens with zero attached hydrogens (tertiary/aromatic N) is 1. The zero-order valence-corrected chi connectivity index (χ0v) is 13.7. The van der Waals surface area contributed by atoms with Crippen molar-refractivity contribution in [1.29, 1.82) is 0 Å².